The maximum Gasteiger partial charge on any atom is 0.220 e. The topological polar surface area (TPSA) is 54.0 Å². The van der Waals surface area contributed by atoms with Gasteiger partial charge in [-0.2, -0.15) is 0 Å². The maximum atomic E-state index is 11.6. The van der Waals surface area contributed by atoms with Gasteiger partial charge in [-0.3, -0.25) is 9.78 Å². The van der Waals surface area contributed by atoms with Crippen LogP contribution < -0.4 is 10.6 Å². The summed E-state index contributed by atoms with van der Waals surface area (Å²) in [6, 6.07) is 6.40. The number of aromatic nitrogens is 1. The molecule has 0 aliphatic carbocycles. The molecule has 1 aliphatic heterocycles. The highest BCUT2D eigenvalue weighted by molar-refractivity contribution is 5.85. The Morgan fingerprint density at radius 1 is 1.40 bits per heavy atom. The predicted octanol–water partition coefficient (Wildman–Crippen LogP) is 2.12. The van der Waals surface area contributed by atoms with E-state index < -0.39 is 0 Å². The second-order valence-electron chi connectivity index (χ2n) is 4.75. The molecule has 1 aromatic heterocycles. The largest absolute Gasteiger partial charge is 0.356 e. The Bertz CT molecular complexity index is 370. The van der Waals surface area contributed by atoms with Crippen molar-refractivity contribution in [2.75, 3.05) is 13.1 Å². The van der Waals surface area contributed by atoms with E-state index in [0.717, 1.165) is 25.1 Å². The van der Waals surface area contributed by atoms with Gasteiger partial charge in [-0.25, -0.2) is 0 Å². The van der Waals surface area contributed by atoms with Crippen molar-refractivity contribution in [3.05, 3.63) is 30.1 Å². The normalized spacial score (nSPS) is 16.9. The van der Waals surface area contributed by atoms with Crippen molar-refractivity contribution in [2.24, 2.45) is 0 Å². The lowest BCUT2D eigenvalue weighted by Crippen LogP contribution is -2.28. The molecule has 1 amide bonds. The minimum Gasteiger partial charge on any atom is -0.356 e. The maximum absolute atomic E-state index is 11.6. The monoisotopic (exact) mass is 319 g/mol. The summed E-state index contributed by atoms with van der Waals surface area (Å²) < 4.78 is 0. The fraction of sp³-hybridized carbons (Fsp3) is 0.571. The quantitative estimate of drug-likeness (QED) is 0.844. The molecule has 20 heavy (non-hydrogen) atoms. The van der Waals surface area contributed by atoms with Crippen LogP contribution >= 0.6 is 24.8 Å². The molecule has 1 aliphatic rings. The summed E-state index contributed by atoms with van der Waals surface area (Å²) >= 11 is 0. The van der Waals surface area contributed by atoms with Crippen LogP contribution in [0.25, 0.3) is 0 Å². The third-order valence-corrected chi connectivity index (χ3v) is 3.31. The smallest absolute Gasteiger partial charge is 0.220 e. The first-order valence-corrected chi connectivity index (χ1v) is 6.74. The Kier molecular flexibility index (Phi) is 10.4. The highest BCUT2D eigenvalue weighted by Crippen LogP contribution is 2.10. The summed E-state index contributed by atoms with van der Waals surface area (Å²) in [4.78, 5) is 15.9. The molecule has 2 rings (SSSR count). The van der Waals surface area contributed by atoms with Crippen LogP contribution in [0.3, 0.4) is 0 Å². The molecule has 114 valence electrons. The molecule has 0 spiro atoms. The molecule has 6 heteroatoms. The third-order valence-electron chi connectivity index (χ3n) is 3.31. The number of carbonyl (C=O) groups excluding carboxylic acids is 1. The van der Waals surface area contributed by atoms with Crippen molar-refractivity contribution < 1.29 is 4.79 Å². The number of rotatable bonds is 6. The van der Waals surface area contributed by atoms with Gasteiger partial charge in [-0.05, 0) is 37.9 Å². The number of amides is 1. The van der Waals surface area contributed by atoms with Gasteiger partial charge >= 0.3 is 0 Å². The summed E-state index contributed by atoms with van der Waals surface area (Å²) in [5.74, 6) is 0.152. The molecular formula is C14H23Cl2N3O. The molecule has 0 radical (unpaired) electrons. The number of hydrogen-bond acceptors (Lipinski definition) is 3. The Hall–Kier alpha value is -0.840. The molecule has 1 fully saturated rings. The number of nitrogens with zero attached hydrogens (tertiary/aromatic N) is 1. The lowest BCUT2D eigenvalue weighted by atomic mass is 10.1. The van der Waals surface area contributed by atoms with Crippen molar-refractivity contribution in [3.63, 3.8) is 0 Å². The Balaban J connectivity index is 0.00000180. The molecule has 1 saturated heterocycles. The zero-order valence-electron chi connectivity index (χ0n) is 11.5. The lowest BCUT2D eigenvalue weighted by Gasteiger charge is -2.09. The Morgan fingerprint density at radius 3 is 2.90 bits per heavy atom. The number of carbonyl (C=O) groups is 1. The average Bonchev–Trinajstić information content (AvgIpc) is 2.91. The standard InChI is InChI=1S/C14H21N3O.2ClH/c18-14(7-6-12-5-3-10-16-12)17-11-8-13-4-1-2-9-15-13;;/h1-2,4,9,12,16H,3,5-8,10-11H2,(H,17,18);2*1H. The molecule has 1 aromatic rings. The number of pyridine rings is 1. The summed E-state index contributed by atoms with van der Waals surface area (Å²) in [5.41, 5.74) is 1.02. The Morgan fingerprint density at radius 2 is 2.25 bits per heavy atom. The molecule has 0 aromatic carbocycles. The van der Waals surface area contributed by atoms with E-state index >= 15 is 0 Å². The van der Waals surface area contributed by atoms with Gasteiger partial charge in [0, 0.05) is 37.3 Å². The van der Waals surface area contributed by atoms with Gasteiger partial charge in [0.05, 0.1) is 0 Å². The van der Waals surface area contributed by atoms with Crippen molar-refractivity contribution in [1.82, 2.24) is 15.6 Å². The fourth-order valence-electron chi connectivity index (χ4n) is 2.27. The van der Waals surface area contributed by atoms with Crippen LogP contribution in [0.5, 0.6) is 0 Å². The molecule has 4 nitrogen and oxygen atoms in total. The van der Waals surface area contributed by atoms with E-state index in [-0.39, 0.29) is 30.7 Å². The second kappa shape index (κ2) is 10.9. The van der Waals surface area contributed by atoms with Gasteiger partial charge in [0.2, 0.25) is 5.91 Å². The number of halogens is 2. The van der Waals surface area contributed by atoms with Crippen molar-refractivity contribution >= 4 is 30.7 Å². The van der Waals surface area contributed by atoms with E-state index in [9.17, 15) is 4.79 Å². The second-order valence-corrected chi connectivity index (χ2v) is 4.75. The predicted molar refractivity (Wildman–Crippen MR) is 85.7 cm³/mol. The highest BCUT2D eigenvalue weighted by Gasteiger charge is 2.14. The number of hydrogen-bond donors (Lipinski definition) is 2. The molecule has 0 saturated carbocycles. The summed E-state index contributed by atoms with van der Waals surface area (Å²) in [6.07, 6.45) is 6.61. The summed E-state index contributed by atoms with van der Waals surface area (Å²) in [5, 5.41) is 6.35. The van der Waals surface area contributed by atoms with E-state index in [1.54, 1.807) is 6.20 Å². The lowest BCUT2D eigenvalue weighted by molar-refractivity contribution is -0.121. The van der Waals surface area contributed by atoms with Gasteiger partial charge in [0.25, 0.3) is 0 Å². The number of nitrogens with one attached hydrogen (secondary N) is 2. The van der Waals surface area contributed by atoms with Gasteiger partial charge in [0.1, 0.15) is 0 Å². The fourth-order valence-corrected chi connectivity index (χ4v) is 2.27. The average molecular weight is 320 g/mol. The molecule has 2 heterocycles. The Labute approximate surface area is 132 Å². The van der Waals surface area contributed by atoms with Gasteiger partial charge in [-0.15, -0.1) is 24.8 Å². The van der Waals surface area contributed by atoms with E-state index in [4.69, 9.17) is 0 Å². The van der Waals surface area contributed by atoms with Crippen molar-refractivity contribution in [2.45, 2.75) is 38.1 Å². The first-order chi connectivity index (χ1) is 8.84. The summed E-state index contributed by atoms with van der Waals surface area (Å²) in [7, 11) is 0. The first-order valence-electron chi connectivity index (χ1n) is 6.74. The molecular weight excluding hydrogens is 297 g/mol. The zero-order chi connectivity index (χ0) is 12.6. The SMILES string of the molecule is Cl.Cl.O=C(CCC1CCCN1)NCCc1ccccn1. The minimum atomic E-state index is 0. The van der Waals surface area contributed by atoms with Crippen LogP contribution in [-0.4, -0.2) is 30.0 Å². The zero-order valence-corrected chi connectivity index (χ0v) is 13.1. The van der Waals surface area contributed by atoms with Crippen LogP contribution in [0, 0.1) is 0 Å². The van der Waals surface area contributed by atoms with E-state index in [0.29, 0.717) is 19.0 Å². The highest BCUT2D eigenvalue weighted by atomic mass is 35.5. The van der Waals surface area contributed by atoms with Crippen molar-refractivity contribution in [1.29, 1.82) is 0 Å². The van der Waals surface area contributed by atoms with E-state index in [1.807, 2.05) is 18.2 Å². The minimum absolute atomic E-state index is 0. The van der Waals surface area contributed by atoms with Crippen LogP contribution in [0.2, 0.25) is 0 Å². The third kappa shape index (κ3) is 7.08. The van der Waals surface area contributed by atoms with Crippen molar-refractivity contribution in [3.8, 4) is 0 Å². The van der Waals surface area contributed by atoms with Gasteiger partial charge in [0.15, 0.2) is 0 Å². The first kappa shape index (κ1) is 19.2. The van der Waals surface area contributed by atoms with E-state index in [1.165, 1.54) is 12.8 Å². The van der Waals surface area contributed by atoms with Crippen LogP contribution in [0.4, 0.5) is 0 Å². The van der Waals surface area contributed by atoms with E-state index in [2.05, 4.69) is 15.6 Å². The molecule has 1 atom stereocenters. The summed E-state index contributed by atoms with van der Waals surface area (Å²) in [6.45, 7) is 1.78. The molecule has 1 unspecified atom stereocenters. The van der Waals surface area contributed by atoms with Gasteiger partial charge < -0.3 is 10.6 Å². The molecule has 2 N–H and O–H groups in total. The van der Waals surface area contributed by atoms with Crippen LogP contribution in [-0.2, 0) is 11.2 Å². The van der Waals surface area contributed by atoms with Gasteiger partial charge in [-0.1, -0.05) is 6.07 Å². The molecule has 0 bridgehead atoms. The van der Waals surface area contributed by atoms with Crippen LogP contribution in [0.1, 0.15) is 31.4 Å². The van der Waals surface area contributed by atoms with Crippen LogP contribution in [0.15, 0.2) is 24.4 Å².